The SMILES string of the molecule is Cc1cc(NC(=O)CN(C)C(=O)c2ccccc2-c2ccc(Cn3cccn3)cc2)no1. The number of anilines is 1. The predicted octanol–water partition coefficient (Wildman–Crippen LogP) is 3.61. The van der Waals surface area contributed by atoms with Crippen LogP contribution in [0.4, 0.5) is 5.82 Å². The van der Waals surface area contributed by atoms with E-state index in [-0.39, 0.29) is 18.4 Å². The molecule has 2 aromatic heterocycles. The Kier molecular flexibility index (Phi) is 6.12. The van der Waals surface area contributed by atoms with Crippen LogP contribution >= 0.6 is 0 Å². The molecule has 162 valence electrons. The van der Waals surface area contributed by atoms with Crippen molar-refractivity contribution in [2.24, 2.45) is 0 Å². The van der Waals surface area contributed by atoms with Crippen molar-refractivity contribution in [1.29, 1.82) is 0 Å². The van der Waals surface area contributed by atoms with E-state index in [1.807, 2.05) is 59.4 Å². The highest BCUT2D eigenvalue weighted by Crippen LogP contribution is 2.25. The van der Waals surface area contributed by atoms with E-state index in [2.05, 4.69) is 15.6 Å². The molecule has 0 aliphatic heterocycles. The zero-order valence-corrected chi connectivity index (χ0v) is 17.9. The van der Waals surface area contributed by atoms with Gasteiger partial charge in [0, 0.05) is 31.1 Å². The van der Waals surface area contributed by atoms with E-state index in [4.69, 9.17) is 4.52 Å². The van der Waals surface area contributed by atoms with Gasteiger partial charge in [-0.15, -0.1) is 0 Å². The lowest BCUT2D eigenvalue weighted by Gasteiger charge is -2.18. The smallest absolute Gasteiger partial charge is 0.254 e. The van der Waals surface area contributed by atoms with Crippen LogP contribution in [0, 0.1) is 6.92 Å². The summed E-state index contributed by atoms with van der Waals surface area (Å²) in [5.74, 6) is 0.320. The molecule has 2 amide bonds. The van der Waals surface area contributed by atoms with Gasteiger partial charge in [0.2, 0.25) is 5.91 Å². The van der Waals surface area contributed by atoms with Gasteiger partial charge < -0.3 is 14.7 Å². The Balaban J connectivity index is 1.47. The first kappa shape index (κ1) is 21.0. The standard InChI is InChI=1S/C24H23N5O3/c1-17-14-22(27-32-17)26-23(30)16-28(2)24(31)21-7-4-3-6-20(21)19-10-8-18(9-11-19)15-29-13-5-12-25-29/h3-14H,15-16H2,1-2H3,(H,26,27,30). The van der Waals surface area contributed by atoms with E-state index < -0.39 is 0 Å². The third-order valence-electron chi connectivity index (χ3n) is 4.95. The van der Waals surface area contributed by atoms with E-state index in [1.165, 1.54) is 4.90 Å². The summed E-state index contributed by atoms with van der Waals surface area (Å²) in [6.07, 6.45) is 3.66. The number of rotatable bonds is 7. The molecular weight excluding hydrogens is 406 g/mol. The van der Waals surface area contributed by atoms with Gasteiger partial charge in [-0.2, -0.15) is 5.10 Å². The second-order valence-electron chi connectivity index (χ2n) is 7.48. The molecule has 0 aliphatic carbocycles. The predicted molar refractivity (Wildman–Crippen MR) is 120 cm³/mol. The van der Waals surface area contributed by atoms with E-state index in [1.54, 1.807) is 32.3 Å². The van der Waals surface area contributed by atoms with Crippen molar-refractivity contribution in [3.63, 3.8) is 0 Å². The fraction of sp³-hybridized carbons (Fsp3) is 0.167. The summed E-state index contributed by atoms with van der Waals surface area (Å²) in [6.45, 7) is 2.30. The summed E-state index contributed by atoms with van der Waals surface area (Å²) in [5.41, 5.74) is 3.37. The summed E-state index contributed by atoms with van der Waals surface area (Å²) in [4.78, 5) is 26.8. The third-order valence-corrected chi connectivity index (χ3v) is 4.95. The maximum Gasteiger partial charge on any atom is 0.254 e. The normalized spacial score (nSPS) is 10.7. The maximum atomic E-state index is 13.1. The minimum Gasteiger partial charge on any atom is -0.360 e. The number of carbonyl (C=O) groups is 2. The molecule has 32 heavy (non-hydrogen) atoms. The number of benzene rings is 2. The number of nitrogens with one attached hydrogen (secondary N) is 1. The first-order valence-corrected chi connectivity index (χ1v) is 10.1. The van der Waals surface area contributed by atoms with E-state index >= 15 is 0 Å². The largest absolute Gasteiger partial charge is 0.360 e. The molecule has 0 fully saturated rings. The van der Waals surface area contributed by atoms with Crippen molar-refractivity contribution in [3.8, 4) is 11.1 Å². The molecule has 0 saturated heterocycles. The molecule has 4 aromatic rings. The Morgan fingerprint density at radius 1 is 1.09 bits per heavy atom. The number of hydrogen-bond acceptors (Lipinski definition) is 5. The zero-order chi connectivity index (χ0) is 22.5. The van der Waals surface area contributed by atoms with E-state index in [0.717, 1.165) is 16.7 Å². The molecule has 0 saturated carbocycles. The second-order valence-corrected chi connectivity index (χ2v) is 7.48. The number of carbonyl (C=O) groups excluding carboxylic acids is 2. The summed E-state index contributed by atoms with van der Waals surface area (Å²) < 4.78 is 6.79. The van der Waals surface area contributed by atoms with Crippen LogP contribution < -0.4 is 5.32 Å². The first-order valence-electron chi connectivity index (χ1n) is 10.1. The van der Waals surface area contributed by atoms with Crippen LogP contribution in [0.3, 0.4) is 0 Å². The Morgan fingerprint density at radius 2 is 1.88 bits per heavy atom. The minimum absolute atomic E-state index is 0.109. The number of amides is 2. The van der Waals surface area contributed by atoms with Crippen LogP contribution in [0.1, 0.15) is 21.7 Å². The summed E-state index contributed by atoms with van der Waals surface area (Å²) in [6, 6.07) is 18.9. The van der Waals surface area contributed by atoms with Crippen molar-refractivity contribution in [3.05, 3.63) is 89.9 Å². The Bertz CT molecular complexity index is 1210. The van der Waals surface area contributed by atoms with Gasteiger partial charge in [0.1, 0.15) is 5.76 Å². The minimum atomic E-state index is -0.352. The molecule has 0 spiro atoms. The molecular formula is C24H23N5O3. The lowest BCUT2D eigenvalue weighted by Crippen LogP contribution is -2.35. The molecule has 0 aliphatic rings. The van der Waals surface area contributed by atoms with Crippen LogP contribution in [-0.4, -0.2) is 45.2 Å². The molecule has 0 bridgehead atoms. The van der Waals surface area contributed by atoms with Gasteiger partial charge in [-0.25, -0.2) is 0 Å². The van der Waals surface area contributed by atoms with Crippen LogP contribution in [0.2, 0.25) is 0 Å². The molecule has 0 radical (unpaired) electrons. The molecule has 2 aromatic carbocycles. The van der Waals surface area contributed by atoms with E-state index in [9.17, 15) is 9.59 Å². The van der Waals surface area contributed by atoms with Crippen LogP contribution in [0.5, 0.6) is 0 Å². The van der Waals surface area contributed by atoms with Gasteiger partial charge in [-0.1, -0.05) is 47.6 Å². The van der Waals surface area contributed by atoms with E-state index in [0.29, 0.717) is 23.7 Å². The average molecular weight is 429 g/mol. The third kappa shape index (κ3) is 4.92. The fourth-order valence-corrected chi connectivity index (χ4v) is 3.39. The van der Waals surface area contributed by atoms with Crippen molar-refractivity contribution < 1.29 is 14.1 Å². The van der Waals surface area contributed by atoms with Crippen LogP contribution in [-0.2, 0) is 11.3 Å². The lowest BCUT2D eigenvalue weighted by molar-refractivity contribution is -0.116. The first-order chi connectivity index (χ1) is 15.5. The van der Waals surface area contributed by atoms with Crippen molar-refractivity contribution in [2.45, 2.75) is 13.5 Å². The number of aromatic nitrogens is 3. The average Bonchev–Trinajstić information content (AvgIpc) is 3.45. The van der Waals surface area contributed by atoms with Gasteiger partial charge in [0.15, 0.2) is 5.82 Å². The number of hydrogen-bond donors (Lipinski definition) is 1. The molecule has 8 heteroatoms. The fourth-order valence-electron chi connectivity index (χ4n) is 3.39. The quantitative estimate of drug-likeness (QED) is 0.484. The summed E-state index contributed by atoms with van der Waals surface area (Å²) in [7, 11) is 1.60. The molecule has 8 nitrogen and oxygen atoms in total. The Labute approximate surface area is 185 Å². The van der Waals surface area contributed by atoms with Gasteiger partial charge in [-0.3, -0.25) is 14.3 Å². The maximum absolute atomic E-state index is 13.1. The zero-order valence-electron chi connectivity index (χ0n) is 17.9. The number of nitrogens with zero attached hydrogens (tertiary/aromatic N) is 4. The van der Waals surface area contributed by atoms with Crippen molar-refractivity contribution in [2.75, 3.05) is 18.9 Å². The van der Waals surface area contributed by atoms with Crippen molar-refractivity contribution in [1.82, 2.24) is 19.8 Å². The van der Waals surface area contributed by atoms with Crippen molar-refractivity contribution >= 4 is 17.6 Å². The number of aryl methyl sites for hydroxylation is 1. The van der Waals surface area contributed by atoms with Gasteiger partial charge in [-0.05, 0) is 35.7 Å². The highest BCUT2D eigenvalue weighted by atomic mass is 16.5. The lowest BCUT2D eigenvalue weighted by atomic mass is 9.98. The van der Waals surface area contributed by atoms with Crippen LogP contribution in [0.25, 0.3) is 11.1 Å². The van der Waals surface area contributed by atoms with Gasteiger partial charge >= 0.3 is 0 Å². The Morgan fingerprint density at radius 3 is 2.56 bits per heavy atom. The second kappa shape index (κ2) is 9.30. The van der Waals surface area contributed by atoms with Crippen LogP contribution in [0.15, 0.2) is 77.6 Å². The highest BCUT2D eigenvalue weighted by molar-refractivity contribution is 6.03. The number of likely N-dealkylation sites (N-methyl/N-ethyl adjacent to an activating group) is 1. The van der Waals surface area contributed by atoms with Gasteiger partial charge in [0.25, 0.3) is 5.91 Å². The molecule has 0 atom stereocenters. The topological polar surface area (TPSA) is 93.3 Å². The summed E-state index contributed by atoms with van der Waals surface area (Å²) in [5, 5.41) is 10.6. The summed E-state index contributed by atoms with van der Waals surface area (Å²) >= 11 is 0. The Hall–Kier alpha value is -4.20. The monoisotopic (exact) mass is 429 g/mol. The molecule has 4 rings (SSSR count). The highest BCUT2D eigenvalue weighted by Gasteiger charge is 2.19. The van der Waals surface area contributed by atoms with Gasteiger partial charge in [0.05, 0.1) is 13.1 Å². The molecule has 2 heterocycles. The molecule has 1 N–H and O–H groups in total. The molecule has 0 unspecified atom stereocenters.